The largest absolute Gasteiger partial charge is 0.491 e. The number of amides is 1. The van der Waals surface area contributed by atoms with Crippen LogP contribution in [-0.2, 0) is 17.6 Å². The fourth-order valence-electron chi connectivity index (χ4n) is 4.38. The maximum absolute atomic E-state index is 9.89. The molecule has 1 saturated heterocycles. The Kier molecular flexibility index (Phi) is 7.51. The number of aromatic nitrogens is 2. The summed E-state index contributed by atoms with van der Waals surface area (Å²) in [6, 6.07) is 3.62. The third kappa shape index (κ3) is 5.54. The second-order valence-electron chi connectivity index (χ2n) is 9.22. The number of ether oxygens (including phenoxy) is 1. The fourth-order valence-corrected chi connectivity index (χ4v) is 5.61. The quantitative estimate of drug-likeness (QED) is 0.221. The SMILES string of the molecule is CC1(O)CN(C=O)C1.CCCOc1cc(N)c(C=N)cc1Nc1ncnc2sc3c(c12)CCCC3. The van der Waals surface area contributed by atoms with Gasteiger partial charge in [0.05, 0.1) is 36.4 Å². The van der Waals surface area contributed by atoms with Crippen LogP contribution in [0.5, 0.6) is 5.75 Å². The molecule has 186 valence electrons. The van der Waals surface area contributed by atoms with Crippen LogP contribution < -0.4 is 15.8 Å². The number of carbonyl (C=O) groups excluding carboxylic acids is 1. The van der Waals surface area contributed by atoms with Gasteiger partial charge >= 0.3 is 0 Å². The van der Waals surface area contributed by atoms with E-state index in [2.05, 4.69) is 22.2 Å². The average molecular weight is 497 g/mol. The van der Waals surface area contributed by atoms with Crippen molar-refractivity contribution in [1.82, 2.24) is 14.9 Å². The number of β-amino-alcohol motifs (C(OH)–C–C–N with tert-alkyl or cyclic N) is 1. The Bertz CT molecular complexity index is 1220. The number of nitrogens with zero attached hydrogens (tertiary/aromatic N) is 3. The lowest BCUT2D eigenvalue weighted by Gasteiger charge is -2.41. The number of carbonyl (C=O) groups is 1. The molecule has 2 aliphatic rings. The molecule has 0 unspecified atom stereocenters. The Labute approximate surface area is 208 Å². The van der Waals surface area contributed by atoms with Crippen molar-refractivity contribution in [3.05, 3.63) is 34.5 Å². The van der Waals surface area contributed by atoms with Crippen molar-refractivity contribution in [1.29, 1.82) is 5.41 Å². The van der Waals surface area contributed by atoms with Crippen LogP contribution in [0.15, 0.2) is 18.5 Å². The first-order chi connectivity index (χ1) is 16.8. The summed E-state index contributed by atoms with van der Waals surface area (Å²) in [7, 11) is 0. The summed E-state index contributed by atoms with van der Waals surface area (Å²) >= 11 is 1.77. The van der Waals surface area contributed by atoms with E-state index in [9.17, 15) is 4.79 Å². The number of aryl methyl sites for hydroxylation is 2. The normalized spacial score (nSPS) is 15.9. The van der Waals surface area contributed by atoms with Crippen LogP contribution in [-0.4, -0.2) is 57.9 Å². The molecule has 2 aromatic heterocycles. The van der Waals surface area contributed by atoms with E-state index in [0.717, 1.165) is 47.4 Å². The van der Waals surface area contributed by atoms with Gasteiger partial charge in [0.25, 0.3) is 0 Å². The molecule has 1 aliphatic heterocycles. The van der Waals surface area contributed by atoms with Crippen LogP contribution in [0.4, 0.5) is 17.2 Å². The second kappa shape index (κ2) is 10.6. The second-order valence-corrected chi connectivity index (χ2v) is 10.3. The Morgan fingerprint density at radius 3 is 2.74 bits per heavy atom. The third-order valence-electron chi connectivity index (χ3n) is 6.04. The first kappa shape index (κ1) is 24.9. The fraction of sp³-hybridized carbons (Fsp3) is 0.440. The molecule has 3 aromatic rings. The maximum Gasteiger partial charge on any atom is 0.209 e. The molecule has 1 aromatic carbocycles. The van der Waals surface area contributed by atoms with Gasteiger partial charge in [-0.15, -0.1) is 11.3 Å². The van der Waals surface area contributed by atoms with Crippen molar-refractivity contribution >= 4 is 51.4 Å². The van der Waals surface area contributed by atoms with Gasteiger partial charge in [-0.3, -0.25) is 4.79 Å². The zero-order chi connectivity index (χ0) is 25.0. The Balaban J connectivity index is 0.000000308. The van der Waals surface area contributed by atoms with E-state index >= 15 is 0 Å². The molecule has 9 nitrogen and oxygen atoms in total. The molecular weight excluding hydrogens is 464 g/mol. The number of rotatable bonds is 7. The number of nitrogen functional groups attached to an aromatic ring is 1. The number of nitrogens with two attached hydrogens (primary N) is 1. The number of aliphatic hydroxyl groups is 1. The summed E-state index contributed by atoms with van der Waals surface area (Å²) in [6.07, 6.45) is 9.16. The van der Waals surface area contributed by atoms with Gasteiger partial charge in [-0.1, -0.05) is 6.92 Å². The predicted octanol–water partition coefficient (Wildman–Crippen LogP) is 3.89. The standard InChI is InChI=1S/C20H23N5OS.C5H9NO2/c1-2-7-26-16-9-14(22)12(10-21)8-15(16)25-19-18-13-5-3-4-6-17(13)27-20(18)24-11-23-19;1-5(8)2-6(3-5)4-7/h8-11,21H,2-7,22H2,1H3,(H,23,24,25);4,8H,2-3H2,1H3. The highest BCUT2D eigenvalue weighted by Crippen LogP contribution is 2.40. The first-order valence-electron chi connectivity index (χ1n) is 11.9. The minimum Gasteiger partial charge on any atom is -0.491 e. The van der Waals surface area contributed by atoms with Crippen molar-refractivity contribution in [2.75, 3.05) is 30.7 Å². The van der Waals surface area contributed by atoms with E-state index in [1.54, 1.807) is 30.7 Å². The first-order valence-corrected chi connectivity index (χ1v) is 12.7. The molecule has 0 bridgehead atoms. The molecule has 35 heavy (non-hydrogen) atoms. The molecule has 0 saturated carbocycles. The number of fused-ring (bicyclic) bond motifs is 3. The van der Waals surface area contributed by atoms with Crippen LogP contribution >= 0.6 is 11.3 Å². The number of anilines is 3. The third-order valence-corrected chi connectivity index (χ3v) is 7.24. The highest BCUT2D eigenvalue weighted by Gasteiger charge is 2.35. The average Bonchev–Trinajstić information content (AvgIpc) is 3.22. The zero-order valence-corrected chi connectivity index (χ0v) is 21.0. The number of benzene rings is 1. The van der Waals surface area contributed by atoms with E-state index < -0.39 is 5.60 Å². The zero-order valence-electron chi connectivity index (χ0n) is 20.1. The molecule has 5 rings (SSSR count). The molecule has 5 N–H and O–H groups in total. The van der Waals surface area contributed by atoms with Crippen LogP contribution in [0, 0.1) is 5.41 Å². The van der Waals surface area contributed by atoms with E-state index in [4.69, 9.17) is 21.0 Å². The number of likely N-dealkylation sites (tertiary alicyclic amines) is 1. The number of hydrogen-bond donors (Lipinski definition) is 4. The summed E-state index contributed by atoms with van der Waals surface area (Å²) in [4.78, 5) is 22.9. The number of nitrogens with one attached hydrogen (secondary N) is 2. The smallest absolute Gasteiger partial charge is 0.209 e. The number of hydrogen-bond acceptors (Lipinski definition) is 9. The predicted molar refractivity (Wildman–Crippen MR) is 140 cm³/mol. The van der Waals surface area contributed by atoms with Crippen LogP contribution in [0.1, 0.15) is 49.1 Å². The van der Waals surface area contributed by atoms with Crippen LogP contribution in [0.2, 0.25) is 0 Å². The van der Waals surface area contributed by atoms with Crippen LogP contribution in [0.3, 0.4) is 0 Å². The lowest BCUT2D eigenvalue weighted by molar-refractivity contribution is -0.138. The molecule has 0 atom stereocenters. The summed E-state index contributed by atoms with van der Waals surface area (Å²) < 4.78 is 5.89. The Morgan fingerprint density at radius 2 is 2.09 bits per heavy atom. The monoisotopic (exact) mass is 496 g/mol. The van der Waals surface area contributed by atoms with E-state index in [-0.39, 0.29) is 0 Å². The Morgan fingerprint density at radius 1 is 1.31 bits per heavy atom. The van der Waals surface area contributed by atoms with Crippen LogP contribution in [0.25, 0.3) is 10.2 Å². The minimum absolute atomic E-state index is 0.483. The van der Waals surface area contributed by atoms with Gasteiger partial charge in [-0.25, -0.2) is 9.97 Å². The van der Waals surface area contributed by atoms with Gasteiger partial charge in [0, 0.05) is 28.4 Å². The lowest BCUT2D eigenvalue weighted by atomic mass is 9.97. The van der Waals surface area contributed by atoms with Gasteiger partial charge in [-0.2, -0.15) is 0 Å². The molecule has 1 fully saturated rings. The molecule has 1 amide bonds. The molecule has 10 heteroatoms. The van der Waals surface area contributed by atoms with E-state index in [0.29, 0.717) is 36.7 Å². The van der Waals surface area contributed by atoms with Crippen molar-refractivity contribution in [3.8, 4) is 5.75 Å². The summed E-state index contributed by atoms with van der Waals surface area (Å²) in [6.45, 7) is 5.35. The van der Waals surface area contributed by atoms with Crippen molar-refractivity contribution in [2.45, 2.75) is 51.6 Å². The van der Waals surface area contributed by atoms with Gasteiger partial charge in [0.2, 0.25) is 6.41 Å². The molecule has 1 aliphatic carbocycles. The lowest BCUT2D eigenvalue weighted by Crippen LogP contribution is -2.58. The molecule has 0 spiro atoms. The molecule has 0 radical (unpaired) electrons. The van der Waals surface area contributed by atoms with Gasteiger partial charge < -0.3 is 31.2 Å². The highest BCUT2D eigenvalue weighted by molar-refractivity contribution is 7.19. The van der Waals surface area contributed by atoms with E-state index in [1.165, 1.54) is 34.4 Å². The number of thiophene rings is 1. The van der Waals surface area contributed by atoms with Crippen molar-refractivity contribution in [3.63, 3.8) is 0 Å². The Hall–Kier alpha value is -3.24. The summed E-state index contributed by atoms with van der Waals surface area (Å²) in [5, 5.41) is 21.2. The highest BCUT2D eigenvalue weighted by atomic mass is 32.1. The molecular formula is C25H32N6O3S. The van der Waals surface area contributed by atoms with Gasteiger partial charge in [0.15, 0.2) is 0 Å². The van der Waals surface area contributed by atoms with Gasteiger partial charge in [0.1, 0.15) is 22.7 Å². The van der Waals surface area contributed by atoms with Gasteiger partial charge in [-0.05, 0) is 50.7 Å². The molecule has 3 heterocycles. The minimum atomic E-state index is -0.610. The van der Waals surface area contributed by atoms with Crippen molar-refractivity contribution in [2.24, 2.45) is 0 Å². The maximum atomic E-state index is 9.89. The van der Waals surface area contributed by atoms with Crippen molar-refractivity contribution < 1.29 is 14.6 Å². The van der Waals surface area contributed by atoms with E-state index in [1.807, 2.05) is 6.07 Å². The summed E-state index contributed by atoms with van der Waals surface area (Å²) in [5.74, 6) is 1.47. The topological polar surface area (TPSA) is 137 Å². The summed E-state index contributed by atoms with van der Waals surface area (Å²) in [5.41, 5.74) is 8.77.